The SMILES string of the molecule is C/C=C\c1ccccc1Oc1ccccc1. The molecule has 0 bridgehead atoms. The van der Waals surface area contributed by atoms with Gasteiger partial charge in [0.2, 0.25) is 0 Å². The Morgan fingerprint density at radius 3 is 2.31 bits per heavy atom. The molecule has 1 nitrogen and oxygen atoms in total. The van der Waals surface area contributed by atoms with Crippen LogP contribution in [0.25, 0.3) is 6.08 Å². The van der Waals surface area contributed by atoms with Gasteiger partial charge in [0.25, 0.3) is 0 Å². The smallest absolute Gasteiger partial charge is 0.134 e. The van der Waals surface area contributed by atoms with Gasteiger partial charge in [0, 0.05) is 5.56 Å². The van der Waals surface area contributed by atoms with Crippen molar-refractivity contribution >= 4 is 6.08 Å². The third-order valence-corrected chi connectivity index (χ3v) is 2.24. The Morgan fingerprint density at radius 2 is 1.56 bits per heavy atom. The quantitative estimate of drug-likeness (QED) is 0.724. The number of hydrogen-bond acceptors (Lipinski definition) is 1. The standard InChI is InChI=1S/C15H14O/c1-2-8-13-9-6-7-12-15(13)16-14-10-4-3-5-11-14/h2-12H,1H3/b8-2-. The van der Waals surface area contributed by atoms with E-state index in [9.17, 15) is 0 Å². The largest absolute Gasteiger partial charge is 0.457 e. The molecule has 0 radical (unpaired) electrons. The number of hydrogen-bond donors (Lipinski definition) is 0. The van der Waals surface area contributed by atoms with Crippen molar-refractivity contribution in [2.24, 2.45) is 0 Å². The summed E-state index contributed by atoms with van der Waals surface area (Å²) in [4.78, 5) is 0. The first kappa shape index (κ1) is 10.5. The molecule has 1 heteroatoms. The van der Waals surface area contributed by atoms with Crippen LogP contribution < -0.4 is 4.74 Å². The number of ether oxygens (including phenoxy) is 1. The van der Waals surface area contributed by atoms with Crippen LogP contribution in [0, 0.1) is 0 Å². The van der Waals surface area contributed by atoms with Gasteiger partial charge in [0.1, 0.15) is 11.5 Å². The van der Waals surface area contributed by atoms with Crippen molar-refractivity contribution in [2.75, 3.05) is 0 Å². The molecular weight excluding hydrogens is 196 g/mol. The van der Waals surface area contributed by atoms with E-state index in [4.69, 9.17) is 4.74 Å². The monoisotopic (exact) mass is 210 g/mol. The molecule has 2 aromatic carbocycles. The van der Waals surface area contributed by atoms with Crippen LogP contribution in [-0.4, -0.2) is 0 Å². The van der Waals surface area contributed by atoms with Crippen LogP contribution in [-0.2, 0) is 0 Å². The molecule has 0 fully saturated rings. The zero-order valence-corrected chi connectivity index (χ0v) is 9.26. The highest BCUT2D eigenvalue weighted by Gasteiger charge is 2.00. The van der Waals surface area contributed by atoms with E-state index in [0.717, 1.165) is 17.1 Å². The lowest BCUT2D eigenvalue weighted by Crippen LogP contribution is -1.86. The Kier molecular flexibility index (Phi) is 3.39. The third kappa shape index (κ3) is 2.51. The van der Waals surface area contributed by atoms with Crippen molar-refractivity contribution in [1.82, 2.24) is 0 Å². The number of benzene rings is 2. The molecule has 0 atom stereocenters. The van der Waals surface area contributed by atoms with E-state index in [1.807, 2.05) is 73.7 Å². The Labute approximate surface area is 96.0 Å². The van der Waals surface area contributed by atoms with Crippen LogP contribution >= 0.6 is 0 Å². The van der Waals surface area contributed by atoms with Crippen molar-refractivity contribution in [3.05, 3.63) is 66.2 Å². The van der Waals surface area contributed by atoms with Crippen LogP contribution in [0.3, 0.4) is 0 Å². The molecule has 0 aromatic heterocycles. The number of allylic oxidation sites excluding steroid dienone is 1. The lowest BCUT2D eigenvalue weighted by Gasteiger charge is -2.08. The first-order chi connectivity index (χ1) is 7.90. The van der Waals surface area contributed by atoms with Gasteiger partial charge in [0.05, 0.1) is 0 Å². The fourth-order valence-electron chi connectivity index (χ4n) is 1.51. The van der Waals surface area contributed by atoms with Crippen LogP contribution in [0.15, 0.2) is 60.7 Å². The van der Waals surface area contributed by atoms with Crippen LogP contribution in [0.2, 0.25) is 0 Å². The molecule has 0 N–H and O–H groups in total. The molecule has 0 saturated carbocycles. The van der Waals surface area contributed by atoms with E-state index in [2.05, 4.69) is 0 Å². The van der Waals surface area contributed by atoms with Gasteiger partial charge in [-0.25, -0.2) is 0 Å². The lowest BCUT2D eigenvalue weighted by atomic mass is 10.2. The zero-order valence-electron chi connectivity index (χ0n) is 9.26. The summed E-state index contributed by atoms with van der Waals surface area (Å²) < 4.78 is 5.81. The zero-order chi connectivity index (χ0) is 11.2. The Hall–Kier alpha value is -2.02. The van der Waals surface area contributed by atoms with Crippen molar-refractivity contribution in [3.8, 4) is 11.5 Å². The highest BCUT2D eigenvalue weighted by Crippen LogP contribution is 2.25. The van der Waals surface area contributed by atoms with Crippen molar-refractivity contribution in [1.29, 1.82) is 0 Å². The minimum atomic E-state index is 0.861. The molecular formula is C15H14O. The fourth-order valence-corrected chi connectivity index (χ4v) is 1.51. The van der Waals surface area contributed by atoms with E-state index in [1.54, 1.807) is 0 Å². The molecule has 2 aromatic rings. The normalized spacial score (nSPS) is 10.6. The Bertz CT molecular complexity index is 472. The molecule has 0 aliphatic rings. The molecule has 0 amide bonds. The summed E-state index contributed by atoms with van der Waals surface area (Å²) in [6.45, 7) is 2.00. The van der Waals surface area contributed by atoms with Gasteiger partial charge in [-0.05, 0) is 25.1 Å². The lowest BCUT2D eigenvalue weighted by molar-refractivity contribution is 0.481. The van der Waals surface area contributed by atoms with E-state index in [-0.39, 0.29) is 0 Å². The maximum absolute atomic E-state index is 5.81. The molecule has 16 heavy (non-hydrogen) atoms. The van der Waals surface area contributed by atoms with Crippen molar-refractivity contribution in [2.45, 2.75) is 6.92 Å². The fraction of sp³-hybridized carbons (Fsp3) is 0.0667. The summed E-state index contributed by atoms with van der Waals surface area (Å²) in [6, 6.07) is 17.8. The summed E-state index contributed by atoms with van der Waals surface area (Å²) in [5.74, 6) is 1.74. The molecule has 80 valence electrons. The van der Waals surface area contributed by atoms with Gasteiger partial charge in [-0.15, -0.1) is 0 Å². The predicted octanol–water partition coefficient (Wildman–Crippen LogP) is 4.51. The summed E-state index contributed by atoms with van der Waals surface area (Å²) in [6.07, 6.45) is 4.05. The maximum Gasteiger partial charge on any atom is 0.134 e. The molecule has 0 heterocycles. The van der Waals surface area contributed by atoms with E-state index < -0.39 is 0 Å². The van der Waals surface area contributed by atoms with E-state index in [1.165, 1.54) is 0 Å². The average molecular weight is 210 g/mol. The van der Waals surface area contributed by atoms with Crippen molar-refractivity contribution in [3.63, 3.8) is 0 Å². The van der Waals surface area contributed by atoms with E-state index in [0.29, 0.717) is 0 Å². The average Bonchev–Trinajstić information content (AvgIpc) is 2.33. The highest BCUT2D eigenvalue weighted by molar-refractivity contribution is 5.57. The second-order valence-corrected chi connectivity index (χ2v) is 3.45. The maximum atomic E-state index is 5.81. The van der Waals surface area contributed by atoms with Gasteiger partial charge >= 0.3 is 0 Å². The van der Waals surface area contributed by atoms with Crippen molar-refractivity contribution < 1.29 is 4.74 Å². The molecule has 2 rings (SSSR count). The first-order valence-electron chi connectivity index (χ1n) is 5.35. The summed E-state index contributed by atoms with van der Waals surface area (Å²) >= 11 is 0. The van der Waals surface area contributed by atoms with Gasteiger partial charge < -0.3 is 4.74 Å². The van der Waals surface area contributed by atoms with Crippen LogP contribution in [0.5, 0.6) is 11.5 Å². The van der Waals surface area contributed by atoms with E-state index >= 15 is 0 Å². The van der Waals surface area contributed by atoms with Gasteiger partial charge in [-0.2, -0.15) is 0 Å². The van der Waals surface area contributed by atoms with Gasteiger partial charge in [-0.1, -0.05) is 48.6 Å². The second-order valence-electron chi connectivity index (χ2n) is 3.45. The minimum absolute atomic E-state index is 0.861. The predicted molar refractivity (Wildman–Crippen MR) is 67.7 cm³/mol. The molecule has 0 aliphatic heterocycles. The topological polar surface area (TPSA) is 9.23 Å². The molecule has 0 spiro atoms. The summed E-state index contributed by atoms with van der Waals surface area (Å²) in [7, 11) is 0. The third-order valence-electron chi connectivity index (χ3n) is 2.24. The summed E-state index contributed by atoms with van der Waals surface area (Å²) in [5.41, 5.74) is 1.09. The first-order valence-corrected chi connectivity index (χ1v) is 5.35. The Morgan fingerprint density at radius 1 is 0.875 bits per heavy atom. The Balaban J connectivity index is 2.28. The number of para-hydroxylation sites is 2. The van der Waals surface area contributed by atoms with Crippen LogP contribution in [0.1, 0.15) is 12.5 Å². The van der Waals surface area contributed by atoms with Crippen LogP contribution in [0.4, 0.5) is 0 Å². The van der Waals surface area contributed by atoms with Gasteiger partial charge in [-0.3, -0.25) is 0 Å². The molecule has 0 saturated heterocycles. The highest BCUT2D eigenvalue weighted by atomic mass is 16.5. The molecule has 0 aliphatic carbocycles. The van der Waals surface area contributed by atoms with Gasteiger partial charge in [0.15, 0.2) is 0 Å². The number of rotatable bonds is 3. The minimum Gasteiger partial charge on any atom is -0.457 e. The summed E-state index contributed by atoms with van der Waals surface area (Å²) in [5, 5.41) is 0. The molecule has 0 unspecified atom stereocenters. The second kappa shape index (κ2) is 5.17.